The van der Waals surface area contributed by atoms with Gasteiger partial charge in [-0.05, 0) is 87.4 Å². The van der Waals surface area contributed by atoms with E-state index >= 15 is 0 Å². The van der Waals surface area contributed by atoms with Crippen LogP contribution in [-0.2, 0) is 16.8 Å². The van der Waals surface area contributed by atoms with Gasteiger partial charge in [0.1, 0.15) is 0 Å². The molecular weight excluding hydrogens is 428 g/mol. The normalized spacial score (nSPS) is 17.7. The van der Waals surface area contributed by atoms with Gasteiger partial charge in [0.25, 0.3) is 5.56 Å². The summed E-state index contributed by atoms with van der Waals surface area (Å²) in [4.78, 5) is 18.7. The number of nitrogens with zero attached hydrogens (tertiary/aromatic N) is 5. The van der Waals surface area contributed by atoms with E-state index in [0.717, 1.165) is 66.7 Å². The summed E-state index contributed by atoms with van der Waals surface area (Å²) in [6.45, 7) is 14.7. The van der Waals surface area contributed by atoms with Crippen molar-refractivity contribution in [2.75, 3.05) is 13.2 Å². The maximum atomic E-state index is 13.2. The molecule has 0 spiro atoms. The maximum absolute atomic E-state index is 13.2. The molecule has 4 rings (SSSR count). The molecule has 184 valence electrons. The van der Waals surface area contributed by atoms with Crippen LogP contribution in [0.1, 0.15) is 81.9 Å². The number of H-pyrrole nitrogens is 1. The number of aromatic amines is 1. The Morgan fingerprint density at radius 3 is 2.74 bits per heavy atom. The second-order valence-electron chi connectivity index (χ2n) is 10.7. The Hall–Kier alpha value is -2.58. The van der Waals surface area contributed by atoms with Crippen LogP contribution in [0.15, 0.2) is 23.0 Å². The average Bonchev–Trinajstić information content (AvgIpc) is 3.44. The lowest BCUT2D eigenvalue weighted by Gasteiger charge is -2.34. The summed E-state index contributed by atoms with van der Waals surface area (Å²) in [5.74, 6) is 0.844. The average molecular weight is 467 g/mol. The molecule has 0 unspecified atom stereocenters. The molecule has 0 bridgehead atoms. The number of fused-ring (bicyclic) bond motifs is 1. The molecular formula is C26H38N6O2. The number of aryl methyl sites for hydroxylation is 2. The zero-order valence-corrected chi connectivity index (χ0v) is 21.4. The lowest BCUT2D eigenvalue weighted by molar-refractivity contribution is 0.0465. The molecule has 8 nitrogen and oxygen atoms in total. The number of benzene rings is 1. The van der Waals surface area contributed by atoms with Crippen molar-refractivity contribution in [2.45, 2.75) is 91.5 Å². The molecule has 1 saturated heterocycles. The first-order valence-electron chi connectivity index (χ1n) is 12.4. The third-order valence-electron chi connectivity index (χ3n) is 6.64. The number of rotatable bonds is 8. The van der Waals surface area contributed by atoms with Crippen molar-refractivity contribution in [3.05, 3.63) is 51.1 Å². The number of hydrogen-bond donors (Lipinski definition) is 1. The Labute approximate surface area is 201 Å². The van der Waals surface area contributed by atoms with Crippen LogP contribution < -0.4 is 5.56 Å². The van der Waals surface area contributed by atoms with Gasteiger partial charge in [0.15, 0.2) is 5.82 Å². The van der Waals surface area contributed by atoms with E-state index < -0.39 is 0 Å². The van der Waals surface area contributed by atoms with E-state index in [-0.39, 0.29) is 23.2 Å². The fraction of sp³-hybridized carbons (Fsp3) is 0.615. The predicted molar refractivity (Wildman–Crippen MR) is 134 cm³/mol. The van der Waals surface area contributed by atoms with Crippen LogP contribution in [0, 0.1) is 13.8 Å². The lowest BCUT2D eigenvalue weighted by Crippen LogP contribution is -2.39. The highest BCUT2D eigenvalue weighted by atomic mass is 16.5. The number of aromatic nitrogens is 5. The summed E-state index contributed by atoms with van der Waals surface area (Å²) in [6, 6.07) is 6.27. The summed E-state index contributed by atoms with van der Waals surface area (Å²) < 4.78 is 7.93. The minimum atomic E-state index is -0.240. The third-order valence-corrected chi connectivity index (χ3v) is 6.64. The van der Waals surface area contributed by atoms with E-state index in [4.69, 9.17) is 4.74 Å². The Bertz CT molecular complexity index is 1190. The SMILES string of the molecule is CCC[C@@H](c1nnnn1C(C)(C)C)N(Cc1cc2cc(C)cc(C)c2[nH]c1=O)C[C@@H]1CCCO1. The number of ether oxygens (including phenoxy) is 1. The first-order valence-corrected chi connectivity index (χ1v) is 12.4. The zero-order chi connectivity index (χ0) is 24.5. The van der Waals surface area contributed by atoms with Crippen molar-refractivity contribution in [1.82, 2.24) is 30.1 Å². The van der Waals surface area contributed by atoms with Gasteiger partial charge in [-0.1, -0.05) is 25.0 Å². The molecule has 3 heterocycles. The Kier molecular flexibility index (Phi) is 7.19. The van der Waals surface area contributed by atoms with E-state index in [1.165, 1.54) is 5.56 Å². The first-order chi connectivity index (χ1) is 16.2. The molecule has 1 N–H and O–H groups in total. The smallest absolute Gasteiger partial charge is 0.252 e. The van der Waals surface area contributed by atoms with Crippen LogP contribution in [0.3, 0.4) is 0 Å². The molecule has 0 aliphatic carbocycles. The summed E-state index contributed by atoms with van der Waals surface area (Å²) in [6.07, 6.45) is 4.14. The van der Waals surface area contributed by atoms with Crippen LogP contribution >= 0.6 is 0 Å². The molecule has 0 radical (unpaired) electrons. The van der Waals surface area contributed by atoms with Gasteiger partial charge in [0.05, 0.1) is 23.2 Å². The van der Waals surface area contributed by atoms with Gasteiger partial charge in [-0.2, -0.15) is 0 Å². The summed E-state index contributed by atoms with van der Waals surface area (Å²) in [5, 5.41) is 13.9. The van der Waals surface area contributed by atoms with Crippen LogP contribution in [-0.4, -0.2) is 49.3 Å². The fourth-order valence-electron chi connectivity index (χ4n) is 5.05. The van der Waals surface area contributed by atoms with Crippen molar-refractivity contribution in [3.8, 4) is 0 Å². The molecule has 2 atom stereocenters. The van der Waals surface area contributed by atoms with E-state index in [9.17, 15) is 4.79 Å². The minimum absolute atomic E-state index is 0.0160. The van der Waals surface area contributed by atoms with Crippen LogP contribution in [0.2, 0.25) is 0 Å². The molecule has 1 aromatic carbocycles. The number of tetrazole rings is 1. The van der Waals surface area contributed by atoms with Crippen molar-refractivity contribution in [2.24, 2.45) is 0 Å². The highest BCUT2D eigenvalue weighted by Crippen LogP contribution is 2.30. The largest absolute Gasteiger partial charge is 0.377 e. The van der Waals surface area contributed by atoms with Crippen LogP contribution in [0.25, 0.3) is 10.9 Å². The maximum Gasteiger partial charge on any atom is 0.252 e. The number of nitrogens with one attached hydrogen (secondary N) is 1. The molecule has 0 amide bonds. The monoisotopic (exact) mass is 466 g/mol. The number of pyridine rings is 1. The van der Waals surface area contributed by atoms with Gasteiger partial charge in [0.2, 0.25) is 0 Å². The van der Waals surface area contributed by atoms with Gasteiger partial charge in [-0.25, -0.2) is 4.68 Å². The van der Waals surface area contributed by atoms with Crippen molar-refractivity contribution < 1.29 is 4.74 Å². The van der Waals surface area contributed by atoms with Gasteiger partial charge < -0.3 is 9.72 Å². The number of hydrogen-bond acceptors (Lipinski definition) is 6. The molecule has 34 heavy (non-hydrogen) atoms. The summed E-state index contributed by atoms with van der Waals surface area (Å²) >= 11 is 0. The first kappa shape index (κ1) is 24.5. The van der Waals surface area contributed by atoms with Crippen molar-refractivity contribution in [3.63, 3.8) is 0 Å². The van der Waals surface area contributed by atoms with Crippen LogP contribution in [0.4, 0.5) is 0 Å². The zero-order valence-electron chi connectivity index (χ0n) is 21.4. The summed E-state index contributed by atoms with van der Waals surface area (Å²) in [7, 11) is 0. The summed E-state index contributed by atoms with van der Waals surface area (Å²) in [5.41, 5.74) is 3.66. The van der Waals surface area contributed by atoms with E-state index in [1.54, 1.807) is 0 Å². The fourth-order valence-corrected chi connectivity index (χ4v) is 5.05. The molecule has 1 aliphatic heterocycles. The standard InChI is InChI=1S/C26H38N6O2/c1-7-9-22(24-28-29-30-32(24)26(4,5)6)31(16-21-10-8-11-34-21)15-20-14-19-13-17(2)12-18(3)23(19)27-25(20)33/h12-14,21-22H,7-11,15-16H2,1-6H3,(H,27,33)/t21-,22-/m0/s1. The highest BCUT2D eigenvalue weighted by Gasteiger charge is 2.32. The van der Waals surface area contributed by atoms with Crippen molar-refractivity contribution in [1.29, 1.82) is 0 Å². The van der Waals surface area contributed by atoms with E-state index in [1.807, 2.05) is 17.7 Å². The molecule has 0 saturated carbocycles. The highest BCUT2D eigenvalue weighted by molar-refractivity contribution is 5.82. The van der Waals surface area contributed by atoms with Crippen LogP contribution in [0.5, 0.6) is 0 Å². The molecule has 2 aromatic heterocycles. The van der Waals surface area contributed by atoms with E-state index in [0.29, 0.717) is 6.54 Å². The topological polar surface area (TPSA) is 88.9 Å². The third kappa shape index (κ3) is 5.23. The van der Waals surface area contributed by atoms with Gasteiger partial charge in [-0.3, -0.25) is 9.69 Å². The lowest BCUT2D eigenvalue weighted by atomic mass is 10.0. The Morgan fingerprint density at radius 1 is 1.26 bits per heavy atom. The Balaban J connectivity index is 1.76. The van der Waals surface area contributed by atoms with Gasteiger partial charge in [0, 0.05) is 25.3 Å². The molecule has 1 aliphatic rings. The second-order valence-corrected chi connectivity index (χ2v) is 10.7. The van der Waals surface area contributed by atoms with E-state index in [2.05, 4.69) is 72.2 Å². The molecule has 3 aromatic rings. The van der Waals surface area contributed by atoms with Gasteiger partial charge >= 0.3 is 0 Å². The van der Waals surface area contributed by atoms with Crippen molar-refractivity contribution >= 4 is 10.9 Å². The Morgan fingerprint density at radius 2 is 2.06 bits per heavy atom. The van der Waals surface area contributed by atoms with Gasteiger partial charge in [-0.15, -0.1) is 5.10 Å². The predicted octanol–water partition coefficient (Wildman–Crippen LogP) is 4.41. The molecule has 1 fully saturated rings. The quantitative estimate of drug-likeness (QED) is 0.529. The second kappa shape index (κ2) is 9.96. The minimum Gasteiger partial charge on any atom is -0.377 e. The molecule has 8 heteroatoms.